The van der Waals surface area contributed by atoms with Gasteiger partial charge in [-0.2, -0.15) is 11.8 Å². The van der Waals surface area contributed by atoms with Crippen LogP contribution in [0.2, 0.25) is 0 Å². The number of hydrogen-bond acceptors (Lipinski definition) is 5. The van der Waals surface area contributed by atoms with E-state index in [0.717, 1.165) is 11.4 Å². The first-order valence-corrected chi connectivity index (χ1v) is 7.62. The van der Waals surface area contributed by atoms with Crippen molar-refractivity contribution in [2.45, 2.75) is 31.6 Å². The quantitative estimate of drug-likeness (QED) is 0.826. The standard InChI is InChI=1S/C11H18N2O2S2/c1-4-10-12-5-8(17-10)11(15)13-7(2)9(6-14)16-3/h5,7,9,14H,4,6H2,1-3H3,(H,13,15). The van der Waals surface area contributed by atoms with Crippen molar-refractivity contribution in [2.24, 2.45) is 0 Å². The van der Waals surface area contributed by atoms with Crippen molar-refractivity contribution < 1.29 is 9.90 Å². The molecule has 0 bridgehead atoms. The fourth-order valence-electron chi connectivity index (χ4n) is 1.39. The smallest absolute Gasteiger partial charge is 0.263 e. The lowest BCUT2D eigenvalue weighted by Gasteiger charge is -2.20. The molecule has 96 valence electrons. The zero-order valence-corrected chi connectivity index (χ0v) is 11.9. The van der Waals surface area contributed by atoms with Crippen LogP contribution in [0.3, 0.4) is 0 Å². The summed E-state index contributed by atoms with van der Waals surface area (Å²) in [6.45, 7) is 3.97. The maximum absolute atomic E-state index is 11.9. The van der Waals surface area contributed by atoms with Crippen molar-refractivity contribution in [1.82, 2.24) is 10.3 Å². The highest BCUT2D eigenvalue weighted by Crippen LogP contribution is 2.15. The number of carbonyl (C=O) groups excluding carboxylic acids is 1. The van der Waals surface area contributed by atoms with E-state index in [1.54, 1.807) is 18.0 Å². The lowest BCUT2D eigenvalue weighted by atomic mass is 10.2. The van der Waals surface area contributed by atoms with E-state index < -0.39 is 0 Å². The highest BCUT2D eigenvalue weighted by Gasteiger charge is 2.19. The largest absolute Gasteiger partial charge is 0.395 e. The molecular weight excluding hydrogens is 256 g/mol. The Hall–Kier alpha value is -0.590. The molecule has 0 aliphatic heterocycles. The molecule has 17 heavy (non-hydrogen) atoms. The SMILES string of the molecule is CCc1ncc(C(=O)NC(C)C(CO)SC)s1. The van der Waals surface area contributed by atoms with Crippen molar-refractivity contribution in [2.75, 3.05) is 12.9 Å². The second kappa shape index (κ2) is 6.98. The van der Waals surface area contributed by atoms with Crippen LogP contribution in [0.1, 0.15) is 28.5 Å². The number of carbonyl (C=O) groups is 1. The van der Waals surface area contributed by atoms with Crippen molar-refractivity contribution in [3.8, 4) is 0 Å². The van der Waals surface area contributed by atoms with Crippen LogP contribution in [0.4, 0.5) is 0 Å². The molecule has 2 atom stereocenters. The maximum Gasteiger partial charge on any atom is 0.263 e. The van der Waals surface area contributed by atoms with E-state index in [9.17, 15) is 4.79 Å². The van der Waals surface area contributed by atoms with Gasteiger partial charge < -0.3 is 10.4 Å². The predicted octanol–water partition coefficient (Wildman–Crippen LogP) is 1.55. The molecule has 4 nitrogen and oxygen atoms in total. The van der Waals surface area contributed by atoms with Crippen molar-refractivity contribution in [1.29, 1.82) is 0 Å². The van der Waals surface area contributed by atoms with Gasteiger partial charge in [-0.1, -0.05) is 6.92 Å². The fourth-order valence-corrected chi connectivity index (χ4v) is 2.77. The molecule has 0 radical (unpaired) electrons. The summed E-state index contributed by atoms with van der Waals surface area (Å²) in [5, 5.41) is 13.0. The molecular formula is C11H18N2O2S2. The molecule has 1 aromatic heterocycles. The van der Waals surface area contributed by atoms with Gasteiger partial charge in [-0.3, -0.25) is 4.79 Å². The van der Waals surface area contributed by atoms with E-state index in [1.165, 1.54) is 11.3 Å². The van der Waals surface area contributed by atoms with Gasteiger partial charge in [-0.25, -0.2) is 4.98 Å². The summed E-state index contributed by atoms with van der Waals surface area (Å²) in [4.78, 5) is 16.7. The molecule has 0 saturated carbocycles. The summed E-state index contributed by atoms with van der Waals surface area (Å²) in [6, 6.07) is -0.0605. The Bertz CT molecular complexity index is 364. The predicted molar refractivity (Wildman–Crippen MR) is 72.8 cm³/mol. The van der Waals surface area contributed by atoms with Crippen LogP contribution in [0.5, 0.6) is 0 Å². The van der Waals surface area contributed by atoms with Crippen LogP contribution in [0.15, 0.2) is 6.20 Å². The summed E-state index contributed by atoms with van der Waals surface area (Å²) in [5.74, 6) is -0.109. The molecule has 0 aromatic carbocycles. The van der Waals surface area contributed by atoms with Gasteiger partial charge >= 0.3 is 0 Å². The van der Waals surface area contributed by atoms with Crippen molar-refractivity contribution in [3.63, 3.8) is 0 Å². The van der Waals surface area contributed by atoms with Crippen LogP contribution >= 0.6 is 23.1 Å². The molecule has 0 aliphatic rings. The van der Waals surface area contributed by atoms with Gasteiger partial charge in [-0.05, 0) is 19.6 Å². The number of nitrogens with one attached hydrogen (secondary N) is 1. The molecule has 6 heteroatoms. The monoisotopic (exact) mass is 274 g/mol. The average molecular weight is 274 g/mol. The van der Waals surface area contributed by atoms with Gasteiger partial charge in [0.15, 0.2) is 0 Å². The minimum Gasteiger partial charge on any atom is -0.395 e. The first-order valence-electron chi connectivity index (χ1n) is 5.51. The van der Waals surface area contributed by atoms with Crippen molar-refractivity contribution >= 4 is 29.0 Å². The minimum absolute atomic E-state index is 0.0255. The number of hydrogen-bond donors (Lipinski definition) is 2. The number of thiazole rings is 1. The average Bonchev–Trinajstić information content (AvgIpc) is 2.79. The third-order valence-electron chi connectivity index (χ3n) is 2.48. The molecule has 0 spiro atoms. The molecule has 2 unspecified atom stereocenters. The summed E-state index contributed by atoms with van der Waals surface area (Å²) >= 11 is 2.97. The lowest BCUT2D eigenvalue weighted by Crippen LogP contribution is -2.40. The van der Waals surface area contributed by atoms with Crippen LogP contribution in [-0.4, -0.2) is 40.2 Å². The normalized spacial score (nSPS) is 14.4. The molecule has 1 aromatic rings. The topological polar surface area (TPSA) is 62.2 Å². The number of thioether (sulfide) groups is 1. The van der Waals surface area contributed by atoms with E-state index in [1.807, 2.05) is 20.1 Å². The number of aliphatic hydroxyl groups is 1. The van der Waals surface area contributed by atoms with E-state index >= 15 is 0 Å². The highest BCUT2D eigenvalue weighted by atomic mass is 32.2. The van der Waals surface area contributed by atoms with Gasteiger partial charge in [0, 0.05) is 11.3 Å². The second-order valence-electron chi connectivity index (χ2n) is 3.69. The first kappa shape index (κ1) is 14.5. The van der Waals surface area contributed by atoms with E-state index in [0.29, 0.717) is 4.88 Å². The molecule has 0 aliphatic carbocycles. The zero-order valence-electron chi connectivity index (χ0n) is 10.3. The maximum atomic E-state index is 11.9. The van der Waals surface area contributed by atoms with Gasteiger partial charge in [-0.15, -0.1) is 11.3 Å². The van der Waals surface area contributed by atoms with Crippen molar-refractivity contribution in [3.05, 3.63) is 16.1 Å². The van der Waals surface area contributed by atoms with E-state index in [-0.39, 0.29) is 23.8 Å². The fraction of sp³-hybridized carbons (Fsp3) is 0.636. The molecule has 1 amide bonds. The van der Waals surface area contributed by atoms with Gasteiger partial charge in [0.25, 0.3) is 5.91 Å². The summed E-state index contributed by atoms with van der Waals surface area (Å²) < 4.78 is 0. The van der Waals surface area contributed by atoms with E-state index in [4.69, 9.17) is 5.11 Å². The van der Waals surface area contributed by atoms with Gasteiger partial charge in [0.2, 0.25) is 0 Å². The number of aliphatic hydroxyl groups excluding tert-OH is 1. The Morgan fingerprint density at radius 3 is 2.88 bits per heavy atom. The van der Waals surface area contributed by atoms with Gasteiger partial charge in [0.05, 0.1) is 17.8 Å². The van der Waals surface area contributed by atoms with Crippen LogP contribution < -0.4 is 5.32 Å². The Kier molecular flexibility index (Phi) is 5.94. The van der Waals surface area contributed by atoms with Gasteiger partial charge in [0.1, 0.15) is 4.88 Å². The number of aromatic nitrogens is 1. The molecule has 1 heterocycles. The number of rotatable bonds is 6. The Morgan fingerprint density at radius 2 is 2.41 bits per heavy atom. The van der Waals surface area contributed by atoms with E-state index in [2.05, 4.69) is 10.3 Å². The summed E-state index contributed by atoms with van der Waals surface area (Å²) in [6.07, 6.45) is 4.38. The number of nitrogens with zero attached hydrogens (tertiary/aromatic N) is 1. The van der Waals surface area contributed by atoms with Crippen LogP contribution in [0, 0.1) is 0 Å². The number of aryl methyl sites for hydroxylation is 1. The molecule has 2 N–H and O–H groups in total. The number of amides is 1. The van der Waals surface area contributed by atoms with Crippen LogP contribution in [-0.2, 0) is 6.42 Å². The molecule has 0 saturated heterocycles. The van der Waals surface area contributed by atoms with Crippen LogP contribution in [0.25, 0.3) is 0 Å². The summed E-state index contributed by atoms with van der Waals surface area (Å²) in [5.41, 5.74) is 0. The lowest BCUT2D eigenvalue weighted by molar-refractivity contribution is 0.0940. The Labute approximate surface area is 110 Å². The molecule has 0 fully saturated rings. The third-order valence-corrected chi connectivity index (χ3v) is 4.78. The third kappa shape index (κ3) is 3.97. The molecule has 1 rings (SSSR count). The second-order valence-corrected chi connectivity index (χ2v) is 5.88. The zero-order chi connectivity index (χ0) is 12.8. The first-order chi connectivity index (χ1) is 8.12. The highest BCUT2D eigenvalue weighted by molar-refractivity contribution is 7.99. The Balaban J connectivity index is 2.59. The minimum atomic E-state index is -0.109. The Morgan fingerprint density at radius 1 is 1.71 bits per heavy atom. The summed E-state index contributed by atoms with van der Waals surface area (Å²) in [7, 11) is 0.